The van der Waals surface area contributed by atoms with Gasteiger partial charge in [-0.1, -0.05) is 29.8 Å². The highest BCUT2D eigenvalue weighted by Crippen LogP contribution is 2.26. The van der Waals surface area contributed by atoms with E-state index in [1.54, 1.807) is 12.1 Å². The van der Waals surface area contributed by atoms with E-state index >= 15 is 0 Å². The van der Waals surface area contributed by atoms with Crippen molar-refractivity contribution in [3.8, 4) is 5.75 Å². The number of carbonyl (C=O) groups excluding carboxylic acids is 3. The van der Waals surface area contributed by atoms with E-state index in [1.807, 2.05) is 25.1 Å². The van der Waals surface area contributed by atoms with Crippen LogP contribution >= 0.6 is 11.6 Å². The molecule has 0 atom stereocenters. The van der Waals surface area contributed by atoms with Crippen LogP contribution in [0.25, 0.3) is 6.08 Å². The van der Waals surface area contributed by atoms with Gasteiger partial charge in [-0.3, -0.25) is 4.79 Å². The first-order valence-corrected chi connectivity index (χ1v) is 8.89. The van der Waals surface area contributed by atoms with Gasteiger partial charge >= 0.3 is 11.9 Å². The van der Waals surface area contributed by atoms with Gasteiger partial charge in [0.15, 0.2) is 6.61 Å². The van der Waals surface area contributed by atoms with Gasteiger partial charge in [-0.15, -0.1) is 0 Å². The van der Waals surface area contributed by atoms with Gasteiger partial charge in [-0.2, -0.15) is 0 Å². The Morgan fingerprint density at radius 3 is 2.31 bits per heavy atom. The van der Waals surface area contributed by atoms with Crippen molar-refractivity contribution in [2.45, 2.75) is 6.92 Å². The number of aryl methyl sites for hydroxylation is 1. The van der Waals surface area contributed by atoms with Gasteiger partial charge in [-0.05, 0) is 48.4 Å². The maximum Gasteiger partial charge on any atom is 0.345 e. The molecule has 0 aliphatic heterocycles. The third kappa shape index (κ3) is 6.36. The minimum absolute atomic E-state index is 0.205. The van der Waals surface area contributed by atoms with E-state index in [0.717, 1.165) is 19.8 Å². The summed E-state index contributed by atoms with van der Waals surface area (Å²) in [4.78, 5) is 35.5. The molecule has 2 rings (SSSR count). The molecule has 152 valence electrons. The molecule has 0 aliphatic rings. The molecule has 0 unspecified atom stereocenters. The first kappa shape index (κ1) is 22.0. The van der Waals surface area contributed by atoms with Crippen LogP contribution in [-0.4, -0.2) is 38.7 Å². The van der Waals surface area contributed by atoms with Crippen LogP contribution in [-0.2, 0) is 23.9 Å². The summed E-state index contributed by atoms with van der Waals surface area (Å²) in [7, 11) is 2.32. The molecular formula is C21H20ClNO6. The summed E-state index contributed by atoms with van der Waals surface area (Å²) in [6.07, 6.45) is 1.29. The SMILES string of the molecule is COC(=O)C(=Cc1ccc(OCC(=O)Nc2cccc(C)c2)c(Cl)c1)C(=O)OC. The monoisotopic (exact) mass is 417 g/mol. The van der Waals surface area contributed by atoms with Crippen LogP contribution < -0.4 is 10.1 Å². The summed E-state index contributed by atoms with van der Waals surface area (Å²) in [6.45, 7) is 1.69. The van der Waals surface area contributed by atoms with Gasteiger partial charge in [-0.25, -0.2) is 9.59 Å². The number of ether oxygens (including phenoxy) is 3. The molecule has 0 fully saturated rings. The average Bonchev–Trinajstić information content (AvgIpc) is 2.70. The van der Waals surface area contributed by atoms with Crippen LogP contribution in [0, 0.1) is 6.92 Å². The molecule has 1 amide bonds. The zero-order valence-corrected chi connectivity index (χ0v) is 16.9. The highest BCUT2D eigenvalue weighted by molar-refractivity contribution is 6.32. The van der Waals surface area contributed by atoms with Gasteiger partial charge in [0.05, 0.1) is 19.2 Å². The topological polar surface area (TPSA) is 90.9 Å². The molecule has 8 heteroatoms. The molecule has 0 saturated carbocycles. The van der Waals surface area contributed by atoms with E-state index in [9.17, 15) is 14.4 Å². The lowest BCUT2D eigenvalue weighted by Gasteiger charge is -2.10. The Bertz CT molecular complexity index is 936. The number of esters is 2. The van der Waals surface area contributed by atoms with Crippen LogP contribution in [0.4, 0.5) is 5.69 Å². The van der Waals surface area contributed by atoms with E-state index < -0.39 is 11.9 Å². The Kier molecular flexibility index (Phi) is 7.79. The highest BCUT2D eigenvalue weighted by Gasteiger charge is 2.20. The Morgan fingerprint density at radius 1 is 1.03 bits per heavy atom. The maximum absolute atomic E-state index is 12.0. The summed E-state index contributed by atoms with van der Waals surface area (Å²) < 4.78 is 14.6. The zero-order chi connectivity index (χ0) is 21.4. The molecule has 2 aromatic carbocycles. The molecule has 2 aromatic rings. The Hall–Kier alpha value is -3.32. The quantitative estimate of drug-likeness (QED) is 0.321. The molecule has 29 heavy (non-hydrogen) atoms. The van der Waals surface area contributed by atoms with E-state index in [2.05, 4.69) is 14.8 Å². The van der Waals surface area contributed by atoms with Crippen LogP contribution in [0.1, 0.15) is 11.1 Å². The van der Waals surface area contributed by atoms with Crippen LogP contribution in [0.15, 0.2) is 48.0 Å². The molecule has 1 N–H and O–H groups in total. The lowest BCUT2D eigenvalue weighted by atomic mass is 10.1. The van der Waals surface area contributed by atoms with Gasteiger partial charge < -0.3 is 19.5 Å². The maximum atomic E-state index is 12.0. The molecule has 0 radical (unpaired) electrons. The van der Waals surface area contributed by atoms with Gasteiger partial charge in [0, 0.05) is 5.69 Å². The predicted octanol–water partition coefficient (Wildman–Crippen LogP) is 3.40. The van der Waals surface area contributed by atoms with E-state index in [1.165, 1.54) is 18.2 Å². The summed E-state index contributed by atoms with van der Waals surface area (Å²) in [5, 5.41) is 2.93. The second-order valence-electron chi connectivity index (χ2n) is 5.94. The van der Waals surface area contributed by atoms with Crippen molar-refractivity contribution >= 4 is 41.2 Å². The number of rotatable bonds is 7. The van der Waals surface area contributed by atoms with Crippen molar-refractivity contribution in [1.29, 1.82) is 0 Å². The van der Waals surface area contributed by atoms with Crippen molar-refractivity contribution in [3.63, 3.8) is 0 Å². The van der Waals surface area contributed by atoms with Crippen molar-refractivity contribution in [2.75, 3.05) is 26.1 Å². The minimum atomic E-state index is -0.832. The second kappa shape index (κ2) is 10.3. The number of benzene rings is 2. The van der Waals surface area contributed by atoms with Gasteiger partial charge in [0.1, 0.15) is 11.3 Å². The first-order valence-electron chi connectivity index (χ1n) is 8.51. The molecule has 0 aliphatic carbocycles. The predicted molar refractivity (Wildman–Crippen MR) is 109 cm³/mol. The third-order valence-electron chi connectivity index (χ3n) is 3.74. The van der Waals surface area contributed by atoms with E-state index in [-0.39, 0.29) is 28.9 Å². The normalized spacial score (nSPS) is 9.93. The van der Waals surface area contributed by atoms with Crippen LogP contribution in [0.3, 0.4) is 0 Å². The lowest BCUT2D eigenvalue weighted by Crippen LogP contribution is -2.20. The number of nitrogens with one attached hydrogen (secondary N) is 1. The number of anilines is 1. The fraction of sp³-hybridized carbons (Fsp3) is 0.190. The third-order valence-corrected chi connectivity index (χ3v) is 4.03. The summed E-state index contributed by atoms with van der Waals surface area (Å²) in [6, 6.07) is 12.0. The molecule has 0 spiro atoms. The molecule has 0 heterocycles. The van der Waals surface area contributed by atoms with Gasteiger partial charge in [0.2, 0.25) is 0 Å². The number of amides is 1. The molecule has 7 nitrogen and oxygen atoms in total. The molecule has 0 aromatic heterocycles. The Balaban J connectivity index is 2.07. The lowest BCUT2D eigenvalue weighted by molar-refractivity contribution is -0.143. The molecule has 0 bridgehead atoms. The van der Waals surface area contributed by atoms with Crippen molar-refractivity contribution in [1.82, 2.24) is 0 Å². The molecular weight excluding hydrogens is 398 g/mol. The minimum Gasteiger partial charge on any atom is -0.482 e. The standard InChI is InChI=1S/C21H20ClNO6/c1-13-5-4-6-15(9-13)23-19(24)12-29-18-8-7-14(11-17(18)22)10-16(20(25)27-2)21(26)28-3/h4-11H,12H2,1-3H3,(H,23,24). The number of hydrogen-bond donors (Lipinski definition) is 1. The largest absolute Gasteiger partial charge is 0.482 e. The second-order valence-corrected chi connectivity index (χ2v) is 6.34. The fourth-order valence-electron chi connectivity index (χ4n) is 2.37. The van der Waals surface area contributed by atoms with Crippen molar-refractivity contribution < 1.29 is 28.6 Å². The van der Waals surface area contributed by atoms with E-state index in [4.69, 9.17) is 16.3 Å². The van der Waals surface area contributed by atoms with Crippen LogP contribution in [0.5, 0.6) is 5.75 Å². The Morgan fingerprint density at radius 2 is 1.72 bits per heavy atom. The number of hydrogen-bond acceptors (Lipinski definition) is 6. The van der Waals surface area contributed by atoms with Crippen LogP contribution in [0.2, 0.25) is 5.02 Å². The van der Waals surface area contributed by atoms with Crippen molar-refractivity contribution in [2.24, 2.45) is 0 Å². The number of carbonyl (C=O) groups is 3. The zero-order valence-electron chi connectivity index (χ0n) is 16.2. The fourth-order valence-corrected chi connectivity index (χ4v) is 2.62. The summed E-state index contributed by atoms with van der Waals surface area (Å²) in [5.74, 6) is -1.72. The van der Waals surface area contributed by atoms with E-state index in [0.29, 0.717) is 11.3 Å². The van der Waals surface area contributed by atoms with Gasteiger partial charge in [0.25, 0.3) is 5.91 Å². The first-order chi connectivity index (χ1) is 13.8. The molecule has 0 saturated heterocycles. The highest BCUT2D eigenvalue weighted by atomic mass is 35.5. The Labute approximate surface area is 173 Å². The average molecular weight is 418 g/mol. The van der Waals surface area contributed by atoms with Crippen molar-refractivity contribution in [3.05, 3.63) is 64.2 Å². The number of halogens is 1. The number of methoxy groups -OCH3 is 2. The smallest absolute Gasteiger partial charge is 0.345 e. The summed E-state index contributed by atoms with van der Waals surface area (Å²) in [5.41, 5.74) is 1.87. The summed E-state index contributed by atoms with van der Waals surface area (Å²) >= 11 is 6.19.